The third kappa shape index (κ3) is 2.38. The van der Waals surface area contributed by atoms with Gasteiger partial charge in [0.2, 0.25) is 5.91 Å². The van der Waals surface area contributed by atoms with Crippen LogP contribution in [0.25, 0.3) is 0 Å². The largest absolute Gasteiger partial charge is 0.356 e. The molecule has 0 unspecified atom stereocenters. The van der Waals surface area contributed by atoms with Gasteiger partial charge in [0.05, 0.1) is 13.0 Å². The molecule has 1 saturated heterocycles. The monoisotopic (exact) mass is 247 g/mol. The lowest BCUT2D eigenvalue weighted by molar-refractivity contribution is -0.135. The molecule has 1 radical (unpaired) electrons. The Labute approximate surface area is 103 Å². The summed E-state index contributed by atoms with van der Waals surface area (Å²) in [6.07, 6.45) is -0.281. The number of ether oxygens (including phenoxy) is 1. The van der Waals surface area contributed by atoms with Crippen LogP contribution in [0, 0.1) is 6.10 Å². The molecule has 0 spiro atoms. The topological polar surface area (TPSA) is 89.7 Å². The Morgan fingerprint density at radius 1 is 1.28 bits per heavy atom. The van der Waals surface area contributed by atoms with E-state index in [1.165, 1.54) is 0 Å². The van der Waals surface area contributed by atoms with E-state index in [1.807, 2.05) is 30.3 Å². The van der Waals surface area contributed by atoms with Crippen LogP contribution >= 0.6 is 0 Å². The molecule has 1 aliphatic heterocycles. The quantitative estimate of drug-likeness (QED) is 0.791. The summed E-state index contributed by atoms with van der Waals surface area (Å²) < 4.78 is 5.25. The van der Waals surface area contributed by atoms with Gasteiger partial charge in [0, 0.05) is 0 Å². The fourth-order valence-electron chi connectivity index (χ4n) is 1.61. The molecule has 93 valence electrons. The third-order valence-electron chi connectivity index (χ3n) is 2.48. The summed E-state index contributed by atoms with van der Waals surface area (Å²) in [5, 5.41) is 0. The summed E-state index contributed by atoms with van der Waals surface area (Å²) in [5.41, 5.74) is 5.79. The van der Waals surface area contributed by atoms with Crippen LogP contribution in [-0.2, 0) is 20.9 Å². The van der Waals surface area contributed by atoms with E-state index >= 15 is 0 Å². The molecule has 2 rings (SSSR count). The van der Waals surface area contributed by atoms with E-state index in [1.54, 1.807) is 0 Å². The summed E-state index contributed by atoms with van der Waals surface area (Å²) in [6, 6.07) is 8.10. The van der Waals surface area contributed by atoms with E-state index in [0.717, 1.165) is 5.56 Å². The fourth-order valence-corrected chi connectivity index (χ4v) is 1.61. The average Bonchev–Trinajstić information content (AvgIpc) is 2.63. The summed E-state index contributed by atoms with van der Waals surface area (Å²) in [6.45, 7) is 0.168. The predicted molar refractivity (Wildman–Crippen MR) is 60.5 cm³/mol. The molecule has 6 nitrogen and oxygen atoms in total. The molecule has 0 atom stereocenters. The number of primary amides is 1. The second-order valence-corrected chi connectivity index (χ2v) is 3.75. The van der Waals surface area contributed by atoms with Crippen LogP contribution in [0.1, 0.15) is 12.0 Å². The van der Waals surface area contributed by atoms with Crippen molar-refractivity contribution in [1.82, 2.24) is 4.90 Å². The zero-order valence-electron chi connectivity index (χ0n) is 9.46. The molecule has 0 bridgehead atoms. The minimum atomic E-state index is -1.08. The van der Waals surface area contributed by atoms with Gasteiger partial charge in [-0.15, -0.1) is 0 Å². The SMILES string of the molecule is NC(=O)N1C(=O)C[C](OCc2ccccc2)C1=O. The maximum absolute atomic E-state index is 11.6. The van der Waals surface area contributed by atoms with Gasteiger partial charge in [0.15, 0.2) is 6.10 Å². The van der Waals surface area contributed by atoms with Crippen molar-refractivity contribution in [2.24, 2.45) is 5.73 Å². The van der Waals surface area contributed by atoms with E-state index in [2.05, 4.69) is 0 Å². The van der Waals surface area contributed by atoms with E-state index < -0.39 is 17.8 Å². The molecule has 1 aliphatic rings. The molecule has 1 fully saturated rings. The number of likely N-dealkylation sites (tertiary alicyclic amines) is 1. The minimum Gasteiger partial charge on any atom is -0.356 e. The Hall–Kier alpha value is -2.21. The molecule has 0 aromatic heterocycles. The Bertz CT molecular complexity index is 486. The van der Waals surface area contributed by atoms with Crippen molar-refractivity contribution in [2.45, 2.75) is 13.0 Å². The van der Waals surface area contributed by atoms with Gasteiger partial charge in [-0.25, -0.2) is 4.79 Å². The number of benzene rings is 1. The Kier molecular flexibility index (Phi) is 3.38. The van der Waals surface area contributed by atoms with Gasteiger partial charge in [-0.2, -0.15) is 4.90 Å². The van der Waals surface area contributed by atoms with Crippen LogP contribution in [0.5, 0.6) is 0 Å². The summed E-state index contributed by atoms with van der Waals surface area (Å²) in [7, 11) is 0. The number of nitrogens with zero attached hydrogens (tertiary/aromatic N) is 1. The normalized spacial score (nSPS) is 16.3. The van der Waals surface area contributed by atoms with Crippen LogP contribution in [-0.4, -0.2) is 22.7 Å². The molecule has 0 aliphatic carbocycles. The van der Waals surface area contributed by atoms with Gasteiger partial charge in [0.25, 0.3) is 5.91 Å². The lowest BCUT2D eigenvalue weighted by atomic mass is 10.2. The van der Waals surface area contributed by atoms with Gasteiger partial charge >= 0.3 is 6.03 Å². The number of carbonyl (C=O) groups is 3. The number of imide groups is 3. The molecule has 1 heterocycles. The number of hydrogen-bond donors (Lipinski definition) is 1. The van der Waals surface area contributed by atoms with E-state index in [9.17, 15) is 14.4 Å². The molecule has 1 aromatic carbocycles. The lowest BCUT2D eigenvalue weighted by Crippen LogP contribution is -2.40. The average molecular weight is 247 g/mol. The highest BCUT2D eigenvalue weighted by Gasteiger charge is 2.43. The third-order valence-corrected chi connectivity index (χ3v) is 2.48. The van der Waals surface area contributed by atoms with Crippen molar-refractivity contribution in [3.8, 4) is 0 Å². The lowest BCUT2D eigenvalue weighted by Gasteiger charge is -2.10. The zero-order valence-corrected chi connectivity index (χ0v) is 9.46. The van der Waals surface area contributed by atoms with E-state index in [4.69, 9.17) is 10.5 Å². The van der Waals surface area contributed by atoms with Gasteiger partial charge in [0.1, 0.15) is 0 Å². The van der Waals surface area contributed by atoms with Gasteiger partial charge in [-0.3, -0.25) is 9.59 Å². The van der Waals surface area contributed by atoms with Crippen molar-refractivity contribution in [1.29, 1.82) is 0 Å². The smallest absolute Gasteiger partial charge is 0.328 e. The van der Waals surface area contributed by atoms with Crippen molar-refractivity contribution in [3.63, 3.8) is 0 Å². The maximum Gasteiger partial charge on any atom is 0.328 e. The molecule has 0 saturated carbocycles. The van der Waals surface area contributed by atoms with Crippen molar-refractivity contribution in [2.75, 3.05) is 0 Å². The Balaban J connectivity index is 1.98. The van der Waals surface area contributed by atoms with Crippen LogP contribution in [0.2, 0.25) is 0 Å². The summed E-state index contributed by atoms with van der Waals surface area (Å²) >= 11 is 0. The van der Waals surface area contributed by atoms with Crippen LogP contribution in [0.15, 0.2) is 30.3 Å². The van der Waals surface area contributed by atoms with Crippen molar-refractivity contribution in [3.05, 3.63) is 42.0 Å². The standard InChI is InChI=1S/C12H11N2O4/c13-12(17)14-10(15)6-9(11(14)16)18-7-8-4-2-1-3-5-8/h1-5H,6-7H2,(H2,13,17). The predicted octanol–water partition coefficient (Wildman–Crippen LogP) is 0.573. The van der Waals surface area contributed by atoms with Crippen molar-refractivity contribution < 1.29 is 19.1 Å². The molecule has 6 heteroatoms. The number of carbonyl (C=O) groups excluding carboxylic acids is 3. The number of amides is 4. The van der Waals surface area contributed by atoms with E-state index in [-0.39, 0.29) is 19.1 Å². The van der Waals surface area contributed by atoms with Gasteiger partial charge in [-0.1, -0.05) is 30.3 Å². The second kappa shape index (κ2) is 4.97. The first-order valence-corrected chi connectivity index (χ1v) is 5.29. The van der Waals surface area contributed by atoms with Crippen LogP contribution in [0.4, 0.5) is 4.79 Å². The molecule has 18 heavy (non-hydrogen) atoms. The zero-order chi connectivity index (χ0) is 13.1. The van der Waals surface area contributed by atoms with Gasteiger partial charge in [-0.05, 0) is 5.56 Å². The van der Waals surface area contributed by atoms with E-state index in [0.29, 0.717) is 4.90 Å². The van der Waals surface area contributed by atoms with Crippen LogP contribution in [0.3, 0.4) is 0 Å². The van der Waals surface area contributed by atoms with Crippen LogP contribution < -0.4 is 5.73 Å². The molecular weight excluding hydrogens is 236 g/mol. The second-order valence-electron chi connectivity index (χ2n) is 3.75. The first-order valence-electron chi connectivity index (χ1n) is 5.29. The molecular formula is C12H11N2O4. The summed E-state index contributed by atoms with van der Waals surface area (Å²) in [4.78, 5) is 34.2. The first-order chi connectivity index (χ1) is 8.59. The fraction of sp³-hybridized carbons (Fsp3) is 0.167. The van der Waals surface area contributed by atoms with Gasteiger partial charge < -0.3 is 10.5 Å². The number of urea groups is 1. The highest BCUT2D eigenvalue weighted by atomic mass is 16.5. The highest BCUT2D eigenvalue weighted by molar-refractivity contribution is 6.19. The molecule has 2 N–H and O–H groups in total. The molecule has 1 aromatic rings. The summed E-state index contributed by atoms with van der Waals surface area (Å²) in [5.74, 6) is -1.43. The first kappa shape index (κ1) is 12.3. The Morgan fingerprint density at radius 2 is 1.94 bits per heavy atom. The molecule has 4 amide bonds. The maximum atomic E-state index is 11.6. The highest BCUT2D eigenvalue weighted by Crippen LogP contribution is 2.23. The number of nitrogens with two attached hydrogens (primary N) is 1. The number of hydrogen-bond acceptors (Lipinski definition) is 4. The number of rotatable bonds is 3. The van der Waals surface area contributed by atoms with Crippen molar-refractivity contribution >= 4 is 17.8 Å². The Morgan fingerprint density at radius 3 is 2.50 bits per heavy atom. The minimum absolute atomic E-state index is 0.0531.